The number of rotatable bonds is 4. The van der Waals surface area contributed by atoms with E-state index in [4.69, 9.17) is 25.6 Å². The Morgan fingerprint density at radius 1 is 1.07 bits per heavy atom. The molecule has 0 aliphatic carbocycles. The number of fused-ring (bicyclic) bond motifs is 1. The highest BCUT2D eigenvalue weighted by Gasteiger charge is 2.28. The molecule has 1 fully saturated rings. The van der Waals surface area contributed by atoms with Gasteiger partial charge in [0.25, 0.3) is 0 Å². The van der Waals surface area contributed by atoms with Crippen LogP contribution in [0.5, 0.6) is 11.5 Å². The maximum absolute atomic E-state index is 12.6. The van der Waals surface area contributed by atoms with Crippen LogP contribution in [-0.4, -0.2) is 40.8 Å². The fourth-order valence-electron chi connectivity index (χ4n) is 3.82. The molecule has 0 N–H and O–H groups in total. The summed E-state index contributed by atoms with van der Waals surface area (Å²) in [6, 6.07) is 13.0. The second-order valence-electron chi connectivity index (χ2n) is 7.48. The normalized spacial score (nSPS) is 16.1. The Kier molecular flexibility index (Phi) is 5.04. The summed E-state index contributed by atoms with van der Waals surface area (Å²) in [5.74, 6) is 2.84. The van der Waals surface area contributed by atoms with Crippen LogP contribution in [0.3, 0.4) is 0 Å². The topological polar surface area (TPSA) is 77.7 Å². The fraction of sp³-hybridized carbons (Fsp3) is 0.318. The van der Waals surface area contributed by atoms with Gasteiger partial charge in [0.1, 0.15) is 0 Å². The molecule has 0 unspecified atom stereocenters. The average molecular weight is 426 g/mol. The molecular formula is C22H20ClN3O4. The zero-order valence-corrected chi connectivity index (χ0v) is 17.0. The number of likely N-dealkylation sites (tertiary alicyclic amines) is 1. The maximum Gasteiger partial charge on any atom is 0.231 e. The van der Waals surface area contributed by atoms with Gasteiger partial charge in [-0.15, -0.1) is 0 Å². The summed E-state index contributed by atoms with van der Waals surface area (Å²) in [4.78, 5) is 19.1. The molecule has 2 aliphatic heterocycles. The Hall–Kier alpha value is -3.06. The molecule has 154 valence electrons. The first-order valence-electron chi connectivity index (χ1n) is 9.91. The maximum atomic E-state index is 12.6. The molecule has 3 heterocycles. The molecule has 1 aromatic heterocycles. The third-order valence-electron chi connectivity index (χ3n) is 5.54. The standard InChI is InChI=1S/C22H20ClN3O4/c23-17-4-1-14(2-5-17)11-20(27)26-9-7-15(8-10-26)22-24-21(25-30-22)16-3-6-18-19(12-16)29-13-28-18/h1-6,12,15H,7-11,13H2. The summed E-state index contributed by atoms with van der Waals surface area (Å²) in [6.07, 6.45) is 1.99. The van der Waals surface area contributed by atoms with Crippen molar-refractivity contribution in [1.82, 2.24) is 15.0 Å². The minimum absolute atomic E-state index is 0.127. The predicted molar refractivity (Wildman–Crippen MR) is 110 cm³/mol. The molecule has 5 rings (SSSR count). The van der Waals surface area contributed by atoms with E-state index in [1.165, 1.54) is 0 Å². The third kappa shape index (κ3) is 3.85. The van der Waals surface area contributed by atoms with Gasteiger partial charge in [-0.25, -0.2) is 0 Å². The summed E-state index contributed by atoms with van der Waals surface area (Å²) in [5.41, 5.74) is 1.79. The van der Waals surface area contributed by atoms with Gasteiger partial charge in [0.05, 0.1) is 6.42 Å². The smallest absolute Gasteiger partial charge is 0.231 e. The van der Waals surface area contributed by atoms with Crippen molar-refractivity contribution in [3.05, 3.63) is 58.9 Å². The van der Waals surface area contributed by atoms with Gasteiger partial charge in [0.15, 0.2) is 11.5 Å². The molecule has 7 nitrogen and oxygen atoms in total. The lowest BCUT2D eigenvalue weighted by molar-refractivity contribution is -0.131. The number of piperidine rings is 1. The molecule has 1 saturated heterocycles. The second kappa shape index (κ2) is 7.99. The SMILES string of the molecule is O=C(Cc1ccc(Cl)cc1)N1CCC(c2nc(-c3ccc4c(c3)OCO4)no2)CC1. The molecule has 0 bridgehead atoms. The zero-order valence-electron chi connectivity index (χ0n) is 16.2. The summed E-state index contributed by atoms with van der Waals surface area (Å²) in [5, 5.41) is 4.80. The van der Waals surface area contributed by atoms with Gasteiger partial charge in [-0.3, -0.25) is 4.79 Å². The lowest BCUT2D eigenvalue weighted by Gasteiger charge is -2.30. The zero-order chi connectivity index (χ0) is 20.5. The van der Waals surface area contributed by atoms with E-state index in [1.807, 2.05) is 47.4 Å². The number of halogens is 1. The number of benzene rings is 2. The summed E-state index contributed by atoms with van der Waals surface area (Å²) < 4.78 is 16.3. The Bertz CT molecular complexity index is 1060. The van der Waals surface area contributed by atoms with E-state index in [0.29, 0.717) is 42.0 Å². The van der Waals surface area contributed by atoms with Crippen molar-refractivity contribution in [3.63, 3.8) is 0 Å². The Balaban J connectivity index is 1.20. The second-order valence-corrected chi connectivity index (χ2v) is 7.92. The number of nitrogens with zero attached hydrogens (tertiary/aromatic N) is 3. The van der Waals surface area contributed by atoms with Gasteiger partial charge in [-0.05, 0) is 48.7 Å². The molecule has 0 spiro atoms. The number of ether oxygens (including phenoxy) is 2. The number of carbonyl (C=O) groups excluding carboxylic acids is 1. The van der Waals surface area contributed by atoms with Crippen molar-refractivity contribution in [2.45, 2.75) is 25.2 Å². The molecule has 2 aromatic carbocycles. The largest absolute Gasteiger partial charge is 0.454 e. The summed E-state index contributed by atoms with van der Waals surface area (Å²) in [6.45, 7) is 1.59. The number of aromatic nitrogens is 2. The van der Waals surface area contributed by atoms with E-state index in [-0.39, 0.29) is 18.6 Å². The third-order valence-corrected chi connectivity index (χ3v) is 5.79. The van der Waals surface area contributed by atoms with Gasteiger partial charge in [0.2, 0.25) is 24.4 Å². The molecule has 0 atom stereocenters. The number of hydrogen-bond donors (Lipinski definition) is 0. The number of carbonyl (C=O) groups is 1. The lowest BCUT2D eigenvalue weighted by atomic mass is 9.96. The predicted octanol–water partition coefficient (Wildman–Crippen LogP) is 4.07. The van der Waals surface area contributed by atoms with Crippen LogP contribution in [0.15, 0.2) is 47.0 Å². The van der Waals surface area contributed by atoms with Crippen molar-refractivity contribution < 1.29 is 18.8 Å². The van der Waals surface area contributed by atoms with Crippen LogP contribution in [0, 0.1) is 0 Å². The van der Waals surface area contributed by atoms with E-state index in [2.05, 4.69) is 10.1 Å². The van der Waals surface area contributed by atoms with Crippen molar-refractivity contribution in [2.75, 3.05) is 19.9 Å². The molecule has 30 heavy (non-hydrogen) atoms. The van der Waals surface area contributed by atoms with E-state index in [1.54, 1.807) is 0 Å². The van der Waals surface area contributed by atoms with E-state index >= 15 is 0 Å². The van der Waals surface area contributed by atoms with Gasteiger partial charge >= 0.3 is 0 Å². The van der Waals surface area contributed by atoms with E-state index in [9.17, 15) is 4.79 Å². The van der Waals surface area contributed by atoms with Crippen LogP contribution in [0.1, 0.15) is 30.2 Å². The lowest BCUT2D eigenvalue weighted by Crippen LogP contribution is -2.38. The Morgan fingerprint density at radius 2 is 1.83 bits per heavy atom. The number of hydrogen-bond acceptors (Lipinski definition) is 6. The highest BCUT2D eigenvalue weighted by molar-refractivity contribution is 6.30. The van der Waals surface area contributed by atoms with Crippen molar-refractivity contribution in [2.24, 2.45) is 0 Å². The van der Waals surface area contributed by atoms with Crippen LogP contribution in [-0.2, 0) is 11.2 Å². The van der Waals surface area contributed by atoms with Crippen LogP contribution >= 0.6 is 11.6 Å². The molecule has 3 aromatic rings. The fourth-order valence-corrected chi connectivity index (χ4v) is 3.94. The highest BCUT2D eigenvalue weighted by Crippen LogP contribution is 2.36. The molecule has 8 heteroatoms. The monoisotopic (exact) mass is 425 g/mol. The minimum atomic E-state index is 0.127. The first-order valence-corrected chi connectivity index (χ1v) is 10.3. The van der Waals surface area contributed by atoms with Crippen molar-refractivity contribution in [3.8, 4) is 22.9 Å². The van der Waals surface area contributed by atoms with Crippen LogP contribution in [0.4, 0.5) is 0 Å². The van der Waals surface area contributed by atoms with E-state index < -0.39 is 0 Å². The molecule has 2 aliphatic rings. The van der Waals surface area contributed by atoms with Crippen LogP contribution in [0.25, 0.3) is 11.4 Å². The van der Waals surface area contributed by atoms with Crippen molar-refractivity contribution in [1.29, 1.82) is 0 Å². The van der Waals surface area contributed by atoms with Crippen LogP contribution < -0.4 is 9.47 Å². The molecule has 0 saturated carbocycles. The van der Waals surface area contributed by atoms with E-state index in [0.717, 1.165) is 29.7 Å². The van der Waals surface area contributed by atoms with Gasteiger partial charge < -0.3 is 18.9 Å². The highest BCUT2D eigenvalue weighted by atomic mass is 35.5. The molecule has 1 amide bonds. The Morgan fingerprint density at radius 3 is 2.63 bits per heavy atom. The van der Waals surface area contributed by atoms with Crippen molar-refractivity contribution >= 4 is 17.5 Å². The van der Waals surface area contributed by atoms with Gasteiger partial charge in [0, 0.05) is 29.6 Å². The minimum Gasteiger partial charge on any atom is -0.454 e. The molecular weight excluding hydrogens is 406 g/mol. The van der Waals surface area contributed by atoms with Crippen LogP contribution in [0.2, 0.25) is 5.02 Å². The Labute approximate surface area is 178 Å². The summed E-state index contributed by atoms with van der Waals surface area (Å²) >= 11 is 5.91. The van der Waals surface area contributed by atoms with Gasteiger partial charge in [-0.1, -0.05) is 28.9 Å². The van der Waals surface area contributed by atoms with Gasteiger partial charge in [-0.2, -0.15) is 4.98 Å². The first-order chi connectivity index (χ1) is 14.7. The quantitative estimate of drug-likeness (QED) is 0.627. The number of amides is 1. The molecule has 0 radical (unpaired) electrons. The summed E-state index contributed by atoms with van der Waals surface area (Å²) in [7, 11) is 0. The first kappa shape index (κ1) is 18.9. The average Bonchev–Trinajstić information content (AvgIpc) is 3.44.